The lowest BCUT2D eigenvalue weighted by molar-refractivity contribution is 0.579. The summed E-state index contributed by atoms with van der Waals surface area (Å²) in [5, 5.41) is 2.76. The molecule has 0 aliphatic rings. The van der Waals surface area contributed by atoms with Crippen molar-refractivity contribution in [1.29, 1.82) is 0 Å². The first-order chi connectivity index (χ1) is 5.90. The molecule has 0 radical (unpaired) electrons. The standard InChI is InChI=1S/C9H19NO2S/c1-5-9(4)10-6-7-13(11,12)8(2)3/h5,8-10H,1,6-7H2,2-4H3. The maximum absolute atomic E-state index is 11.3. The summed E-state index contributed by atoms with van der Waals surface area (Å²) in [7, 11) is -2.90. The number of hydrogen-bond donors (Lipinski definition) is 1. The fraction of sp³-hybridized carbons (Fsp3) is 0.778. The van der Waals surface area contributed by atoms with Crippen molar-refractivity contribution >= 4 is 9.84 Å². The Kier molecular flexibility index (Phi) is 5.25. The van der Waals surface area contributed by atoms with Crippen LogP contribution in [0.3, 0.4) is 0 Å². The van der Waals surface area contributed by atoms with Gasteiger partial charge in [0.1, 0.15) is 0 Å². The molecule has 78 valence electrons. The third kappa shape index (κ3) is 5.05. The van der Waals surface area contributed by atoms with Crippen LogP contribution < -0.4 is 5.32 Å². The number of sulfone groups is 1. The summed E-state index contributed by atoms with van der Waals surface area (Å²) < 4.78 is 22.7. The monoisotopic (exact) mass is 205 g/mol. The van der Waals surface area contributed by atoms with Crippen molar-refractivity contribution in [2.75, 3.05) is 12.3 Å². The Morgan fingerprint density at radius 1 is 1.38 bits per heavy atom. The Balaban J connectivity index is 3.84. The molecule has 0 saturated heterocycles. The van der Waals surface area contributed by atoms with E-state index in [9.17, 15) is 8.42 Å². The van der Waals surface area contributed by atoms with Gasteiger partial charge in [-0.3, -0.25) is 0 Å². The number of nitrogens with one attached hydrogen (secondary N) is 1. The van der Waals surface area contributed by atoms with Gasteiger partial charge in [-0.05, 0) is 20.8 Å². The van der Waals surface area contributed by atoms with Gasteiger partial charge in [-0.2, -0.15) is 0 Å². The third-order valence-electron chi connectivity index (χ3n) is 1.92. The van der Waals surface area contributed by atoms with Gasteiger partial charge < -0.3 is 5.32 Å². The smallest absolute Gasteiger partial charge is 0.153 e. The highest BCUT2D eigenvalue weighted by Gasteiger charge is 2.15. The van der Waals surface area contributed by atoms with Crippen LogP contribution in [0, 0.1) is 0 Å². The molecular formula is C9H19NO2S. The molecule has 0 aliphatic heterocycles. The Hall–Kier alpha value is -0.350. The van der Waals surface area contributed by atoms with Crippen LogP contribution >= 0.6 is 0 Å². The summed E-state index contributed by atoms with van der Waals surface area (Å²) in [4.78, 5) is 0. The maximum atomic E-state index is 11.3. The topological polar surface area (TPSA) is 46.2 Å². The quantitative estimate of drug-likeness (QED) is 0.657. The molecule has 1 N–H and O–H groups in total. The average molecular weight is 205 g/mol. The van der Waals surface area contributed by atoms with E-state index in [0.717, 1.165) is 0 Å². The van der Waals surface area contributed by atoms with E-state index in [1.807, 2.05) is 6.92 Å². The van der Waals surface area contributed by atoms with Crippen LogP contribution in [0.15, 0.2) is 12.7 Å². The van der Waals surface area contributed by atoms with Gasteiger partial charge in [0.05, 0.1) is 11.0 Å². The van der Waals surface area contributed by atoms with Gasteiger partial charge in [0.2, 0.25) is 0 Å². The minimum absolute atomic E-state index is 0.169. The lowest BCUT2D eigenvalue weighted by atomic mass is 10.3. The molecular weight excluding hydrogens is 186 g/mol. The van der Waals surface area contributed by atoms with Crippen LogP contribution in [0.4, 0.5) is 0 Å². The normalized spacial score (nSPS) is 14.5. The van der Waals surface area contributed by atoms with Gasteiger partial charge in [-0.25, -0.2) is 8.42 Å². The van der Waals surface area contributed by atoms with E-state index >= 15 is 0 Å². The first-order valence-corrected chi connectivity index (χ1v) is 6.19. The van der Waals surface area contributed by atoms with E-state index in [0.29, 0.717) is 6.54 Å². The van der Waals surface area contributed by atoms with Gasteiger partial charge in [0.25, 0.3) is 0 Å². The molecule has 0 fully saturated rings. The first-order valence-electron chi connectivity index (χ1n) is 4.47. The fourth-order valence-corrected chi connectivity index (χ4v) is 1.62. The van der Waals surface area contributed by atoms with Crippen LogP contribution in [0.1, 0.15) is 20.8 Å². The predicted octanol–water partition coefficient (Wildman–Crippen LogP) is 0.974. The molecule has 0 rings (SSSR count). The van der Waals surface area contributed by atoms with E-state index < -0.39 is 9.84 Å². The van der Waals surface area contributed by atoms with Crippen LogP contribution in [-0.4, -0.2) is 32.0 Å². The first kappa shape index (κ1) is 12.7. The van der Waals surface area contributed by atoms with Crippen molar-refractivity contribution in [2.24, 2.45) is 0 Å². The maximum Gasteiger partial charge on any atom is 0.153 e. The number of rotatable bonds is 6. The van der Waals surface area contributed by atoms with E-state index in [1.54, 1.807) is 19.9 Å². The van der Waals surface area contributed by atoms with Crippen molar-refractivity contribution in [3.8, 4) is 0 Å². The molecule has 0 spiro atoms. The zero-order valence-electron chi connectivity index (χ0n) is 8.58. The molecule has 1 unspecified atom stereocenters. The Morgan fingerprint density at radius 3 is 2.31 bits per heavy atom. The third-order valence-corrected chi connectivity index (χ3v) is 4.13. The zero-order chi connectivity index (χ0) is 10.5. The molecule has 0 aromatic heterocycles. The minimum Gasteiger partial charge on any atom is -0.310 e. The lowest BCUT2D eigenvalue weighted by Crippen LogP contribution is -2.31. The summed E-state index contributed by atoms with van der Waals surface area (Å²) in [5.74, 6) is 0.197. The van der Waals surface area contributed by atoms with Crippen LogP contribution in [-0.2, 0) is 9.84 Å². The van der Waals surface area contributed by atoms with E-state index in [-0.39, 0.29) is 17.0 Å². The molecule has 0 aliphatic carbocycles. The van der Waals surface area contributed by atoms with Crippen molar-refractivity contribution in [3.63, 3.8) is 0 Å². The molecule has 0 amide bonds. The molecule has 13 heavy (non-hydrogen) atoms. The highest BCUT2D eigenvalue weighted by Crippen LogP contribution is 1.99. The highest BCUT2D eigenvalue weighted by molar-refractivity contribution is 7.92. The average Bonchev–Trinajstić information content (AvgIpc) is 2.03. The highest BCUT2D eigenvalue weighted by atomic mass is 32.2. The van der Waals surface area contributed by atoms with E-state index in [4.69, 9.17) is 0 Å². The summed E-state index contributed by atoms with van der Waals surface area (Å²) >= 11 is 0. The second-order valence-corrected chi connectivity index (χ2v) is 6.07. The van der Waals surface area contributed by atoms with Crippen LogP contribution in [0.25, 0.3) is 0 Å². The molecule has 0 aromatic carbocycles. The van der Waals surface area contributed by atoms with Crippen LogP contribution in [0.5, 0.6) is 0 Å². The lowest BCUT2D eigenvalue weighted by Gasteiger charge is -2.10. The molecule has 0 heterocycles. The van der Waals surface area contributed by atoms with Crippen molar-refractivity contribution in [3.05, 3.63) is 12.7 Å². The Labute approximate surface area is 81.1 Å². The van der Waals surface area contributed by atoms with E-state index in [2.05, 4.69) is 11.9 Å². The van der Waals surface area contributed by atoms with Gasteiger partial charge >= 0.3 is 0 Å². The summed E-state index contributed by atoms with van der Waals surface area (Å²) in [6.07, 6.45) is 1.75. The van der Waals surface area contributed by atoms with Gasteiger partial charge in [-0.1, -0.05) is 6.08 Å². The van der Waals surface area contributed by atoms with Crippen molar-refractivity contribution in [2.45, 2.75) is 32.1 Å². The molecule has 4 heteroatoms. The summed E-state index contributed by atoms with van der Waals surface area (Å²) in [5.41, 5.74) is 0. The van der Waals surface area contributed by atoms with Gasteiger partial charge in [0.15, 0.2) is 9.84 Å². The summed E-state index contributed by atoms with van der Waals surface area (Å²) in [6, 6.07) is 0.169. The predicted molar refractivity (Wildman–Crippen MR) is 56.6 cm³/mol. The van der Waals surface area contributed by atoms with E-state index in [1.165, 1.54) is 0 Å². The van der Waals surface area contributed by atoms with Crippen molar-refractivity contribution in [1.82, 2.24) is 5.32 Å². The second kappa shape index (κ2) is 5.40. The van der Waals surface area contributed by atoms with Crippen molar-refractivity contribution < 1.29 is 8.42 Å². The summed E-state index contributed by atoms with van der Waals surface area (Å²) in [6.45, 7) is 9.43. The van der Waals surface area contributed by atoms with Gasteiger partial charge in [0, 0.05) is 12.6 Å². The molecule has 3 nitrogen and oxygen atoms in total. The molecule has 0 saturated carbocycles. The minimum atomic E-state index is -2.90. The Bertz CT molecular complexity index is 244. The largest absolute Gasteiger partial charge is 0.310 e. The molecule has 0 aromatic rings. The Morgan fingerprint density at radius 2 is 1.92 bits per heavy atom. The van der Waals surface area contributed by atoms with Crippen LogP contribution in [0.2, 0.25) is 0 Å². The zero-order valence-corrected chi connectivity index (χ0v) is 9.39. The van der Waals surface area contributed by atoms with Gasteiger partial charge in [-0.15, -0.1) is 6.58 Å². The SMILES string of the molecule is C=CC(C)NCCS(=O)(=O)C(C)C. The number of hydrogen-bond acceptors (Lipinski definition) is 3. The molecule has 1 atom stereocenters. The second-order valence-electron chi connectivity index (χ2n) is 3.39. The fourth-order valence-electron chi connectivity index (χ4n) is 0.748. The molecule has 0 bridgehead atoms.